The van der Waals surface area contributed by atoms with Crippen LogP contribution in [-0.2, 0) is 4.79 Å². The summed E-state index contributed by atoms with van der Waals surface area (Å²) in [7, 11) is 0. The van der Waals surface area contributed by atoms with E-state index >= 15 is 0 Å². The van der Waals surface area contributed by atoms with Gasteiger partial charge in [0.15, 0.2) is 0 Å². The second-order valence-electron chi connectivity index (χ2n) is 6.91. The Morgan fingerprint density at radius 3 is 2.48 bits per heavy atom. The van der Waals surface area contributed by atoms with Gasteiger partial charge >= 0.3 is 0 Å². The smallest absolute Gasteiger partial charge is 0.256 e. The van der Waals surface area contributed by atoms with Crippen LogP contribution in [0.2, 0.25) is 5.02 Å². The highest BCUT2D eigenvalue weighted by molar-refractivity contribution is 7.99. The van der Waals surface area contributed by atoms with Crippen molar-refractivity contribution in [3.8, 4) is 0 Å². The minimum Gasteiger partial charge on any atom is -0.352 e. The molecule has 0 aliphatic carbocycles. The Morgan fingerprint density at radius 2 is 1.81 bits per heavy atom. The Morgan fingerprint density at radius 1 is 1.15 bits per heavy atom. The Hall–Kier alpha value is -1.98. The third kappa shape index (κ3) is 4.14. The molecule has 6 heteroatoms. The maximum absolute atomic E-state index is 13.5. The lowest BCUT2D eigenvalue weighted by atomic mass is 10.1. The number of nitrogens with zero attached hydrogens (tertiary/aromatic N) is 1. The number of rotatable bonds is 4. The van der Waals surface area contributed by atoms with Crippen LogP contribution in [0.1, 0.15) is 40.7 Å². The maximum atomic E-state index is 13.5. The maximum Gasteiger partial charge on any atom is 0.256 e. The molecule has 1 aliphatic heterocycles. The molecule has 1 N–H and O–H groups in total. The first-order chi connectivity index (χ1) is 12.9. The van der Waals surface area contributed by atoms with Gasteiger partial charge in [0.05, 0.1) is 0 Å². The van der Waals surface area contributed by atoms with Gasteiger partial charge in [0.25, 0.3) is 5.91 Å². The summed E-state index contributed by atoms with van der Waals surface area (Å²) in [5.41, 5.74) is 2.35. The Bertz CT molecular complexity index is 856. The van der Waals surface area contributed by atoms with E-state index in [1.165, 1.54) is 0 Å². The molecule has 1 aliphatic rings. The molecule has 142 valence electrons. The number of carbonyl (C=O) groups is 2. The molecule has 1 saturated heterocycles. The van der Waals surface area contributed by atoms with Crippen molar-refractivity contribution in [1.29, 1.82) is 0 Å². The third-order valence-electron chi connectivity index (χ3n) is 4.52. The fourth-order valence-electron chi connectivity index (χ4n) is 3.20. The van der Waals surface area contributed by atoms with Crippen molar-refractivity contribution < 1.29 is 9.59 Å². The number of aryl methyl sites for hydroxylation is 1. The predicted octanol–water partition coefficient (Wildman–Crippen LogP) is 4.43. The largest absolute Gasteiger partial charge is 0.352 e. The van der Waals surface area contributed by atoms with Gasteiger partial charge in [0, 0.05) is 27.9 Å². The molecular weight excluding hydrogens is 380 g/mol. The minimum absolute atomic E-state index is 0.0114. The summed E-state index contributed by atoms with van der Waals surface area (Å²) in [6.07, 6.45) is 0. The van der Waals surface area contributed by atoms with Gasteiger partial charge in [-0.2, -0.15) is 0 Å². The molecule has 2 unspecified atom stereocenters. The number of nitrogens with one attached hydrogen (secondary N) is 1. The molecule has 0 bridgehead atoms. The number of thioether (sulfide) groups is 1. The van der Waals surface area contributed by atoms with Gasteiger partial charge in [0.1, 0.15) is 11.4 Å². The van der Waals surface area contributed by atoms with Crippen LogP contribution in [0.3, 0.4) is 0 Å². The van der Waals surface area contributed by atoms with E-state index in [0.29, 0.717) is 16.3 Å². The zero-order valence-electron chi connectivity index (χ0n) is 15.6. The average Bonchev–Trinajstić information content (AvgIpc) is 3.06. The van der Waals surface area contributed by atoms with Crippen LogP contribution in [0.4, 0.5) is 0 Å². The molecule has 2 aromatic rings. The molecule has 2 aromatic carbocycles. The first kappa shape index (κ1) is 19.8. The molecular formula is C21H23ClN2O2S. The number of amides is 2. The average molecular weight is 403 g/mol. The molecule has 0 saturated carbocycles. The monoisotopic (exact) mass is 402 g/mol. The first-order valence-electron chi connectivity index (χ1n) is 8.95. The minimum atomic E-state index is -0.536. The second kappa shape index (κ2) is 8.36. The van der Waals surface area contributed by atoms with Crippen LogP contribution in [0.5, 0.6) is 0 Å². The van der Waals surface area contributed by atoms with Crippen molar-refractivity contribution in [3.63, 3.8) is 0 Å². The zero-order chi connectivity index (χ0) is 19.6. The SMILES string of the molecule is Cc1ccccc1C(=O)N1C(C(=O)NC(C)C)CSC1c1ccccc1Cl. The highest BCUT2D eigenvalue weighted by Gasteiger charge is 2.43. The molecule has 0 radical (unpaired) electrons. The fourth-order valence-corrected chi connectivity index (χ4v) is 4.97. The van der Waals surface area contributed by atoms with E-state index in [2.05, 4.69) is 5.32 Å². The van der Waals surface area contributed by atoms with Crippen LogP contribution in [0, 0.1) is 6.92 Å². The molecule has 1 fully saturated rings. The summed E-state index contributed by atoms with van der Waals surface area (Å²) in [6.45, 7) is 5.74. The van der Waals surface area contributed by atoms with Gasteiger partial charge in [-0.3, -0.25) is 9.59 Å². The highest BCUT2D eigenvalue weighted by atomic mass is 35.5. The first-order valence-corrected chi connectivity index (χ1v) is 10.4. The summed E-state index contributed by atoms with van der Waals surface area (Å²) < 4.78 is 0. The zero-order valence-corrected chi connectivity index (χ0v) is 17.2. The molecule has 2 atom stereocenters. The van der Waals surface area contributed by atoms with Gasteiger partial charge < -0.3 is 10.2 Å². The quantitative estimate of drug-likeness (QED) is 0.822. The van der Waals surface area contributed by atoms with Crippen LogP contribution in [-0.4, -0.2) is 34.6 Å². The van der Waals surface area contributed by atoms with Crippen LogP contribution in [0.15, 0.2) is 48.5 Å². The van der Waals surface area contributed by atoms with E-state index in [1.54, 1.807) is 16.7 Å². The molecule has 2 amide bonds. The molecule has 0 aromatic heterocycles. The lowest BCUT2D eigenvalue weighted by Gasteiger charge is -2.30. The van der Waals surface area contributed by atoms with Crippen molar-refractivity contribution in [1.82, 2.24) is 10.2 Å². The van der Waals surface area contributed by atoms with Crippen molar-refractivity contribution in [3.05, 3.63) is 70.2 Å². The molecule has 1 heterocycles. The van der Waals surface area contributed by atoms with E-state index in [-0.39, 0.29) is 23.2 Å². The summed E-state index contributed by atoms with van der Waals surface area (Å²) in [4.78, 5) is 27.9. The lowest BCUT2D eigenvalue weighted by Crippen LogP contribution is -2.49. The molecule has 4 nitrogen and oxygen atoms in total. The number of hydrogen-bond acceptors (Lipinski definition) is 3. The second-order valence-corrected chi connectivity index (χ2v) is 8.43. The van der Waals surface area contributed by atoms with Crippen LogP contribution in [0.25, 0.3) is 0 Å². The van der Waals surface area contributed by atoms with E-state index < -0.39 is 6.04 Å². The predicted molar refractivity (Wildman–Crippen MR) is 111 cm³/mol. The summed E-state index contributed by atoms with van der Waals surface area (Å²) in [5.74, 6) is 0.257. The van der Waals surface area contributed by atoms with Crippen molar-refractivity contribution in [2.24, 2.45) is 0 Å². The number of halogens is 1. The van der Waals surface area contributed by atoms with Gasteiger partial charge in [-0.05, 0) is 38.5 Å². The molecule has 3 rings (SSSR count). The number of carbonyl (C=O) groups excluding carboxylic acids is 2. The molecule has 0 spiro atoms. The fraction of sp³-hybridized carbons (Fsp3) is 0.333. The third-order valence-corrected chi connectivity index (χ3v) is 6.16. The standard InChI is InChI=1S/C21H23ClN2O2S/c1-13(2)23-19(25)18-12-27-21(16-10-6-7-11-17(16)22)24(18)20(26)15-9-5-4-8-14(15)3/h4-11,13,18,21H,12H2,1-3H3,(H,23,25). The summed E-state index contributed by atoms with van der Waals surface area (Å²) in [5, 5.41) is 3.25. The van der Waals surface area contributed by atoms with Gasteiger partial charge in [0.2, 0.25) is 5.91 Å². The van der Waals surface area contributed by atoms with Gasteiger partial charge in [-0.15, -0.1) is 11.8 Å². The van der Waals surface area contributed by atoms with Crippen LogP contribution >= 0.6 is 23.4 Å². The summed E-state index contributed by atoms with van der Waals surface area (Å²) >= 11 is 7.98. The normalized spacial score (nSPS) is 19.4. The Kier molecular flexibility index (Phi) is 6.12. The number of benzene rings is 2. The Labute approximate surface area is 169 Å². The van der Waals surface area contributed by atoms with Crippen molar-refractivity contribution >= 4 is 35.2 Å². The molecule has 27 heavy (non-hydrogen) atoms. The van der Waals surface area contributed by atoms with Gasteiger partial charge in [-0.1, -0.05) is 48.0 Å². The van der Waals surface area contributed by atoms with E-state index in [4.69, 9.17) is 11.6 Å². The van der Waals surface area contributed by atoms with E-state index in [1.807, 2.05) is 69.3 Å². The van der Waals surface area contributed by atoms with E-state index in [0.717, 1.165) is 11.1 Å². The van der Waals surface area contributed by atoms with E-state index in [9.17, 15) is 9.59 Å². The van der Waals surface area contributed by atoms with Gasteiger partial charge in [-0.25, -0.2) is 0 Å². The van der Waals surface area contributed by atoms with Crippen LogP contribution < -0.4 is 5.32 Å². The summed E-state index contributed by atoms with van der Waals surface area (Å²) in [6, 6.07) is 14.4. The number of hydrogen-bond donors (Lipinski definition) is 1. The Balaban J connectivity index is 2.02. The lowest BCUT2D eigenvalue weighted by molar-refractivity contribution is -0.125. The topological polar surface area (TPSA) is 49.4 Å². The van der Waals surface area contributed by atoms with Crippen molar-refractivity contribution in [2.45, 2.75) is 38.2 Å². The highest BCUT2D eigenvalue weighted by Crippen LogP contribution is 2.44. The van der Waals surface area contributed by atoms with Crippen molar-refractivity contribution in [2.75, 3.05) is 5.75 Å².